The molecule has 0 atom stereocenters. The molecule has 3 aliphatic rings. The highest BCUT2D eigenvalue weighted by Gasteiger charge is 2.10. The van der Waals surface area contributed by atoms with Crippen molar-refractivity contribution in [2.45, 2.75) is 66.7 Å². The summed E-state index contributed by atoms with van der Waals surface area (Å²) in [5, 5.41) is 9.64. The number of Topliss-reactive ketones (excluding diaryl/α,β-unsaturated/α-hetero) is 1. The van der Waals surface area contributed by atoms with Gasteiger partial charge in [-0.15, -0.1) is 13.2 Å². The molecule has 0 saturated carbocycles. The van der Waals surface area contributed by atoms with E-state index in [1.165, 1.54) is 78.8 Å². The van der Waals surface area contributed by atoms with Gasteiger partial charge in [-0.25, -0.2) is 33.6 Å². The first kappa shape index (κ1) is 91.0. The average molecular weight is 1140 g/mol. The zero-order chi connectivity index (χ0) is 65.4. The van der Waals surface area contributed by atoms with Crippen molar-refractivity contribution in [1.29, 1.82) is 5.26 Å². The Morgan fingerprint density at radius 2 is 0.915 bits per heavy atom. The lowest BCUT2D eigenvalue weighted by Gasteiger charge is -1.89. The molecule has 82 heavy (non-hydrogen) atoms. The summed E-state index contributed by atoms with van der Waals surface area (Å²) in [6.45, 7) is 37.1. The maximum absolute atomic E-state index is 10.3. The van der Waals surface area contributed by atoms with E-state index in [4.69, 9.17) is 14.9 Å². The summed E-state index contributed by atoms with van der Waals surface area (Å²) in [5.74, 6) is -0.327. The molecule has 0 saturated heterocycles. The van der Waals surface area contributed by atoms with E-state index in [0.717, 1.165) is 46.7 Å². The fraction of sp³-hybridized carbons (Fsp3) is 0.238. The summed E-state index contributed by atoms with van der Waals surface area (Å²) in [6, 6.07) is 9.73. The number of cyclic esters (lactones) is 2. The molecule has 2 aliphatic carbocycles. The SMILES string of the molecule is C/C=C/C(=O)OC.C1=CCCC=C1.C=CC(=C)C.C=CC=C.C=CCC=C.C=c1ccccc1=C.CCC#N.CCC(C)=O.COC(=O)/C=C\C(=O)OC.COC(=O)C#CC(=O)OC.O=C1C=CC(=O)C=C1.O=C1C=CC(=O)O1.O=C=O. The van der Waals surface area contributed by atoms with E-state index in [1.807, 2.05) is 75.1 Å². The number of carbonyl (C=O) groups is 10. The van der Waals surface area contributed by atoms with Crippen LogP contribution in [-0.2, 0) is 86.0 Å². The number of ketones is 3. The van der Waals surface area contributed by atoms with Crippen molar-refractivity contribution in [3.63, 3.8) is 0 Å². The maximum atomic E-state index is 10.3. The van der Waals surface area contributed by atoms with Crippen molar-refractivity contribution < 1.29 is 86.0 Å². The van der Waals surface area contributed by atoms with Crippen molar-refractivity contribution in [1.82, 2.24) is 0 Å². The molecule has 0 unspecified atom stereocenters. The highest BCUT2D eigenvalue weighted by atomic mass is 16.6. The van der Waals surface area contributed by atoms with Crippen LogP contribution in [-0.4, -0.2) is 101 Å². The number of carbonyl (C=O) groups excluding carboxylic acids is 12. The molecule has 1 aromatic carbocycles. The normalized spacial score (nSPS) is 10.1. The largest absolute Gasteiger partial charge is 0.466 e. The number of nitriles is 1. The summed E-state index contributed by atoms with van der Waals surface area (Å²) < 4.78 is 24.9. The fourth-order valence-corrected chi connectivity index (χ4v) is 2.64. The molecule has 0 bridgehead atoms. The van der Waals surface area contributed by atoms with E-state index in [2.05, 4.69) is 105 Å². The summed E-state index contributed by atoms with van der Waals surface area (Å²) in [5.41, 5.74) is 1.02. The number of esters is 7. The minimum atomic E-state index is -0.759. The topological polar surface area (TPSA) is 284 Å². The van der Waals surface area contributed by atoms with Crippen LogP contribution in [0.15, 0.2) is 185 Å². The minimum Gasteiger partial charge on any atom is -0.466 e. The standard InChI is InChI=1S/C8H8.C6H8O4.C6H6O4.C6H4O2.C6H8.C5H8O2.2C5H8.C4H2O3.C4H8O.C4H6.C3H5N.CO2/c1-7-5-3-4-6-8(7)2;2*1-9-5(7)3-4-6(8)10-2;7-5-1-2-6(8)4-3-5;1-2-4-6-5-3-1;1-3-4-5(6)7-2;1-4-5(2)3;1-3-5-4-2;5-3-1-2-4(6)7-3;1-3-4(2)5;1-3-4-2;1-2-3-4;2-1-3/h3-6H,1-2H2;3-4H,1-2H3;1-2H3;1-4H;1-4H,5-6H2;3-4H,1-2H3;4H,1-2H2,3H3;3-4H,1-2,5H2;1-2H;3H2,1-2H3;3-4H,1-2H2;2H2,1H3;/b;4-3-;;;;4-3+;;;;;;;. The number of hydrogen-bond acceptors (Lipinski definition) is 19. The molecule has 0 aromatic heterocycles. The zero-order valence-electron chi connectivity index (χ0n) is 48.8. The second-order valence-electron chi connectivity index (χ2n) is 13.4. The zero-order valence-corrected chi connectivity index (χ0v) is 48.8. The number of methoxy groups -OCH3 is 5. The van der Waals surface area contributed by atoms with Crippen molar-refractivity contribution in [2.24, 2.45) is 0 Å². The summed E-state index contributed by atoms with van der Waals surface area (Å²) in [7, 11) is 6.15. The third-order valence-corrected chi connectivity index (χ3v) is 6.79. The van der Waals surface area contributed by atoms with Crippen molar-refractivity contribution in [3.05, 3.63) is 195 Å². The lowest BCUT2D eigenvalue weighted by Crippen LogP contribution is -2.19. The molecule has 1 heterocycles. The molecule has 1 aromatic rings. The van der Waals surface area contributed by atoms with E-state index in [0.29, 0.717) is 12.8 Å². The fourth-order valence-electron chi connectivity index (χ4n) is 2.64. The summed E-state index contributed by atoms with van der Waals surface area (Å²) >= 11 is 0. The molecule has 1 aliphatic heterocycles. The van der Waals surface area contributed by atoms with Crippen molar-refractivity contribution in [3.8, 4) is 17.9 Å². The van der Waals surface area contributed by atoms with Crippen LogP contribution in [0.1, 0.15) is 66.7 Å². The number of benzene rings is 1. The Morgan fingerprint density at radius 3 is 1.05 bits per heavy atom. The molecule has 0 amide bonds. The first-order chi connectivity index (χ1) is 38.8. The predicted molar refractivity (Wildman–Crippen MR) is 317 cm³/mol. The highest BCUT2D eigenvalue weighted by molar-refractivity contribution is 6.14. The molecule has 19 nitrogen and oxygen atoms in total. The van der Waals surface area contributed by atoms with E-state index in [1.54, 1.807) is 38.2 Å². The average Bonchev–Trinajstić information content (AvgIpc) is 3.88. The lowest BCUT2D eigenvalue weighted by atomic mass is 10.2. The molecular weight excluding hydrogens is 1060 g/mol. The molecule has 19 heteroatoms. The molecular formula is C63H79NO18. The second-order valence-corrected chi connectivity index (χ2v) is 13.4. The smallest absolute Gasteiger partial charge is 0.384 e. The van der Waals surface area contributed by atoms with E-state index in [-0.39, 0.29) is 29.5 Å². The van der Waals surface area contributed by atoms with Crippen LogP contribution in [0.3, 0.4) is 0 Å². The van der Waals surface area contributed by atoms with Gasteiger partial charge in [0.2, 0.25) is 0 Å². The van der Waals surface area contributed by atoms with Gasteiger partial charge in [-0.2, -0.15) is 14.9 Å². The Hall–Kier alpha value is -10.5. The van der Waals surface area contributed by atoms with E-state index >= 15 is 0 Å². The predicted octanol–water partition coefficient (Wildman–Crippen LogP) is 8.41. The highest BCUT2D eigenvalue weighted by Crippen LogP contribution is 1.98. The van der Waals surface area contributed by atoms with Gasteiger partial charge in [0.1, 0.15) is 5.78 Å². The van der Waals surface area contributed by atoms with Crippen molar-refractivity contribution >= 4 is 78.4 Å². The van der Waals surface area contributed by atoms with Crippen LogP contribution in [0, 0.1) is 23.2 Å². The third-order valence-electron chi connectivity index (χ3n) is 6.79. The van der Waals surface area contributed by atoms with Crippen LogP contribution < -0.4 is 10.4 Å². The van der Waals surface area contributed by atoms with Gasteiger partial charge in [-0.3, -0.25) is 9.59 Å². The molecule has 0 fully saturated rings. The molecule has 444 valence electrons. The van der Waals surface area contributed by atoms with Crippen LogP contribution in [0.25, 0.3) is 13.2 Å². The second kappa shape index (κ2) is 77.0. The van der Waals surface area contributed by atoms with Crippen LogP contribution in [0.5, 0.6) is 0 Å². The number of hydrogen-bond donors (Lipinski definition) is 0. The van der Waals surface area contributed by atoms with Gasteiger partial charge in [0, 0.05) is 55.1 Å². The monoisotopic (exact) mass is 1140 g/mol. The van der Waals surface area contributed by atoms with Gasteiger partial charge in [-0.05, 0) is 74.8 Å². The van der Waals surface area contributed by atoms with Crippen LogP contribution >= 0.6 is 0 Å². The van der Waals surface area contributed by atoms with Gasteiger partial charge >= 0.3 is 47.9 Å². The molecule has 4 rings (SSSR count). The van der Waals surface area contributed by atoms with Gasteiger partial charge in [0.25, 0.3) is 0 Å². The number of nitrogens with zero attached hydrogens (tertiary/aromatic N) is 1. The Labute approximate surface area is 483 Å². The number of allylic oxidation sites excluding steroid dienone is 15. The van der Waals surface area contributed by atoms with Gasteiger partial charge in [0.05, 0.1) is 41.6 Å². The quantitative estimate of drug-likeness (QED) is 0.0272. The Balaban J connectivity index is -0.000000102. The Kier molecular flexibility index (Phi) is 85.5. The van der Waals surface area contributed by atoms with Gasteiger partial charge < -0.3 is 33.2 Å². The van der Waals surface area contributed by atoms with E-state index in [9.17, 15) is 47.9 Å². The van der Waals surface area contributed by atoms with Crippen LogP contribution in [0.4, 0.5) is 0 Å². The van der Waals surface area contributed by atoms with Gasteiger partial charge in [-0.1, -0.05) is 144 Å². The Morgan fingerprint density at radius 1 is 0.610 bits per heavy atom. The minimum absolute atomic E-state index is 0.121. The molecule has 0 spiro atoms. The van der Waals surface area contributed by atoms with Crippen LogP contribution in [0.2, 0.25) is 0 Å². The summed E-state index contributed by atoms with van der Waals surface area (Å²) in [4.78, 5) is 118. The van der Waals surface area contributed by atoms with E-state index < -0.39 is 35.8 Å². The van der Waals surface area contributed by atoms with Gasteiger partial charge in [0.15, 0.2) is 11.6 Å². The molecule has 0 radical (unpaired) electrons. The van der Waals surface area contributed by atoms with Crippen molar-refractivity contribution in [2.75, 3.05) is 35.5 Å². The molecule has 0 N–H and O–H groups in total. The number of ether oxygens (including phenoxy) is 6. The maximum Gasteiger partial charge on any atom is 0.384 e. The number of rotatable bonds is 8. The Bertz CT molecular complexity index is 2430. The lowest BCUT2D eigenvalue weighted by molar-refractivity contribution is -0.192. The summed E-state index contributed by atoms with van der Waals surface area (Å²) in [6.07, 6.45) is 34.2. The third kappa shape index (κ3) is 102. The first-order valence-electron chi connectivity index (χ1n) is 23.5. The first-order valence-corrected chi connectivity index (χ1v) is 23.5.